The van der Waals surface area contributed by atoms with Gasteiger partial charge in [-0.3, -0.25) is 4.79 Å². The van der Waals surface area contributed by atoms with Crippen LogP contribution in [0.2, 0.25) is 0 Å². The van der Waals surface area contributed by atoms with Crippen LogP contribution in [0.3, 0.4) is 0 Å². The van der Waals surface area contributed by atoms with Gasteiger partial charge in [-0.15, -0.1) is 0 Å². The fourth-order valence-electron chi connectivity index (χ4n) is 1.77. The highest BCUT2D eigenvalue weighted by atomic mass is 16.1. The lowest BCUT2D eigenvalue weighted by molar-refractivity contribution is 0.874. The van der Waals surface area contributed by atoms with Gasteiger partial charge >= 0.3 is 0 Å². The number of nitrogens with one attached hydrogen (secondary N) is 1. The highest BCUT2D eigenvalue weighted by Gasteiger charge is 2.07. The summed E-state index contributed by atoms with van der Waals surface area (Å²) in [6.45, 7) is 2.37. The Morgan fingerprint density at radius 1 is 1.39 bits per heavy atom. The average Bonchev–Trinajstić information content (AvgIpc) is 2.31. The molecule has 2 aromatic rings. The minimum atomic E-state index is -0.148. The van der Waals surface area contributed by atoms with Crippen molar-refractivity contribution in [3.8, 4) is 0 Å². The molecule has 0 amide bonds. The molecule has 3 N–H and O–H groups in total. The molecular formula is C13H16N4O. The van der Waals surface area contributed by atoms with Crippen LogP contribution in [0.4, 0.5) is 11.5 Å². The number of aryl methyl sites for hydroxylation is 1. The number of H-pyrrole nitrogens is 1. The van der Waals surface area contributed by atoms with Crippen LogP contribution >= 0.6 is 0 Å². The zero-order valence-electron chi connectivity index (χ0n) is 10.5. The van der Waals surface area contributed by atoms with Crippen LogP contribution < -0.4 is 16.2 Å². The number of aromatic nitrogens is 2. The van der Waals surface area contributed by atoms with Gasteiger partial charge in [0.25, 0.3) is 5.56 Å². The number of hydrogen-bond donors (Lipinski definition) is 2. The first-order valence-electron chi connectivity index (χ1n) is 5.69. The molecule has 0 unspecified atom stereocenters. The van der Waals surface area contributed by atoms with E-state index in [1.807, 2.05) is 36.2 Å². The quantitative estimate of drug-likeness (QED) is 0.798. The van der Waals surface area contributed by atoms with Crippen molar-refractivity contribution in [1.29, 1.82) is 0 Å². The Hall–Kier alpha value is -2.30. The first-order valence-corrected chi connectivity index (χ1v) is 5.69. The fraction of sp³-hybridized carbons (Fsp3) is 0.231. The zero-order chi connectivity index (χ0) is 13.1. The van der Waals surface area contributed by atoms with Gasteiger partial charge < -0.3 is 15.6 Å². The lowest BCUT2D eigenvalue weighted by atomic mass is 10.2. The smallest absolute Gasteiger partial charge is 0.252 e. The maximum Gasteiger partial charge on any atom is 0.252 e. The maximum absolute atomic E-state index is 11.4. The van der Waals surface area contributed by atoms with Crippen LogP contribution in [0.5, 0.6) is 0 Å². The molecule has 0 aliphatic heterocycles. The number of aromatic amines is 1. The van der Waals surface area contributed by atoms with Crippen molar-refractivity contribution in [2.24, 2.45) is 0 Å². The van der Waals surface area contributed by atoms with E-state index in [0.717, 1.165) is 11.3 Å². The molecule has 2 rings (SSSR count). The van der Waals surface area contributed by atoms with Crippen LogP contribution in [0, 0.1) is 6.92 Å². The molecular weight excluding hydrogens is 228 g/mol. The summed E-state index contributed by atoms with van der Waals surface area (Å²) in [6.07, 6.45) is 0. The number of para-hydroxylation sites is 1. The van der Waals surface area contributed by atoms with Gasteiger partial charge in [0.15, 0.2) is 0 Å². The summed E-state index contributed by atoms with van der Waals surface area (Å²) in [4.78, 5) is 20.2. The summed E-state index contributed by atoms with van der Waals surface area (Å²) in [6, 6.07) is 9.14. The fourth-order valence-corrected chi connectivity index (χ4v) is 1.77. The molecule has 5 heteroatoms. The summed E-state index contributed by atoms with van der Waals surface area (Å²) in [5.74, 6) is 1.24. The molecule has 0 aliphatic rings. The Morgan fingerprint density at radius 2 is 2.11 bits per heavy atom. The van der Waals surface area contributed by atoms with E-state index in [0.29, 0.717) is 18.2 Å². The van der Waals surface area contributed by atoms with Crippen LogP contribution in [0.25, 0.3) is 0 Å². The van der Waals surface area contributed by atoms with Crippen LogP contribution in [-0.4, -0.2) is 17.0 Å². The standard InChI is InChI=1S/C13H16N4O/c1-9-15-12(7-13(18)16-9)17(2)8-10-5-3-4-6-11(10)14/h3-7H,8,14H2,1-2H3,(H,15,16,18). The van der Waals surface area contributed by atoms with E-state index in [2.05, 4.69) is 9.97 Å². The highest BCUT2D eigenvalue weighted by molar-refractivity contribution is 5.49. The largest absolute Gasteiger partial charge is 0.398 e. The Morgan fingerprint density at radius 3 is 2.78 bits per heavy atom. The monoisotopic (exact) mass is 244 g/mol. The van der Waals surface area contributed by atoms with Gasteiger partial charge in [0.05, 0.1) is 0 Å². The SMILES string of the molecule is Cc1nc(N(C)Cc2ccccc2N)cc(=O)[nH]1. The number of nitrogen functional groups attached to an aromatic ring is 1. The lowest BCUT2D eigenvalue weighted by Gasteiger charge is -2.19. The molecule has 0 saturated carbocycles. The third kappa shape index (κ3) is 2.68. The van der Waals surface area contributed by atoms with Gasteiger partial charge in [-0.1, -0.05) is 18.2 Å². The number of nitrogens with zero attached hydrogens (tertiary/aromatic N) is 2. The number of benzene rings is 1. The maximum atomic E-state index is 11.4. The molecule has 0 atom stereocenters. The summed E-state index contributed by atoms with van der Waals surface area (Å²) >= 11 is 0. The Kier molecular flexibility index (Phi) is 3.32. The van der Waals surface area contributed by atoms with Crippen LogP contribution in [0.1, 0.15) is 11.4 Å². The van der Waals surface area contributed by atoms with Gasteiger partial charge in [-0.2, -0.15) is 0 Å². The van der Waals surface area contributed by atoms with E-state index >= 15 is 0 Å². The first-order chi connectivity index (χ1) is 8.56. The van der Waals surface area contributed by atoms with E-state index in [4.69, 9.17) is 5.73 Å². The molecule has 1 heterocycles. The third-order valence-electron chi connectivity index (χ3n) is 2.70. The molecule has 0 bridgehead atoms. The summed E-state index contributed by atoms with van der Waals surface area (Å²) in [5.41, 5.74) is 7.50. The Balaban J connectivity index is 2.24. The number of anilines is 2. The second-order valence-corrected chi connectivity index (χ2v) is 4.24. The van der Waals surface area contributed by atoms with Gasteiger partial charge in [-0.05, 0) is 18.6 Å². The molecule has 18 heavy (non-hydrogen) atoms. The van der Waals surface area contributed by atoms with Crippen molar-refractivity contribution in [3.05, 3.63) is 52.1 Å². The second-order valence-electron chi connectivity index (χ2n) is 4.24. The van der Waals surface area contributed by atoms with Gasteiger partial charge in [0.1, 0.15) is 11.6 Å². The molecule has 1 aromatic heterocycles. The number of hydrogen-bond acceptors (Lipinski definition) is 4. The van der Waals surface area contributed by atoms with Crippen molar-refractivity contribution in [2.45, 2.75) is 13.5 Å². The second kappa shape index (κ2) is 4.91. The van der Waals surface area contributed by atoms with E-state index < -0.39 is 0 Å². The molecule has 0 saturated heterocycles. The van der Waals surface area contributed by atoms with Crippen LogP contribution in [-0.2, 0) is 6.54 Å². The Bertz CT molecular complexity index is 606. The normalized spacial score (nSPS) is 10.3. The predicted molar refractivity (Wildman–Crippen MR) is 72.6 cm³/mol. The summed E-state index contributed by atoms with van der Waals surface area (Å²) in [7, 11) is 1.88. The third-order valence-corrected chi connectivity index (χ3v) is 2.70. The number of nitrogens with two attached hydrogens (primary N) is 1. The van der Waals surface area contributed by atoms with Gasteiger partial charge in [0.2, 0.25) is 0 Å². The summed E-state index contributed by atoms with van der Waals surface area (Å²) in [5, 5.41) is 0. The zero-order valence-corrected chi connectivity index (χ0v) is 10.5. The molecule has 0 spiro atoms. The molecule has 5 nitrogen and oxygen atoms in total. The minimum Gasteiger partial charge on any atom is -0.398 e. The molecule has 0 aliphatic carbocycles. The summed E-state index contributed by atoms with van der Waals surface area (Å²) < 4.78 is 0. The Labute approximate surface area is 105 Å². The van der Waals surface area contributed by atoms with E-state index in [1.54, 1.807) is 6.92 Å². The van der Waals surface area contributed by atoms with E-state index in [-0.39, 0.29) is 5.56 Å². The van der Waals surface area contributed by atoms with Crippen molar-refractivity contribution in [2.75, 3.05) is 17.7 Å². The van der Waals surface area contributed by atoms with Gasteiger partial charge in [0, 0.05) is 25.3 Å². The predicted octanol–water partition coefficient (Wildman–Crippen LogP) is 1.30. The van der Waals surface area contributed by atoms with Crippen molar-refractivity contribution in [3.63, 3.8) is 0 Å². The average molecular weight is 244 g/mol. The van der Waals surface area contributed by atoms with Gasteiger partial charge in [-0.25, -0.2) is 4.98 Å². The first kappa shape index (κ1) is 12.2. The molecule has 1 aromatic carbocycles. The molecule has 0 fully saturated rings. The van der Waals surface area contributed by atoms with Crippen molar-refractivity contribution >= 4 is 11.5 Å². The molecule has 0 radical (unpaired) electrons. The van der Waals surface area contributed by atoms with E-state index in [9.17, 15) is 4.79 Å². The van der Waals surface area contributed by atoms with Crippen molar-refractivity contribution in [1.82, 2.24) is 9.97 Å². The number of rotatable bonds is 3. The topological polar surface area (TPSA) is 75.0 Å². The minimum absolute atomic E-state index is 0.148. The van der Waals surface area contributed by atoms with Crippen molar-refractivity contribution < 1.29 is 0 Å². The van der Waals surface area contributed by atoms with E-state index in [1.165, 1.54) is 6.07 Å². The molecule has 94 valence electrons. The van der Waals surface area contributed by atoms with Crippen LogP contribution in [0.15, 0.2) is 35.1 Å². The lowest BCUT2D eigenvalue weighted by Crippen LogP contribution is -2.21. The highest BCUT2D eigenvalue weighted by Crippen LogP contribution is 2.15.